The molecule has 0 saturated carbocycles. The van der Waals surface area contributed by atoms with E-state index in [1.807, 2.05) is 44.2 Å². The van der Waals surface area contributed by atoms with Crippen LogP contribution in [0.5, 0.6) is 0 Å². The summed E-state index contributed by atoms with van der Waals surface area (Å²) < 4.78 is 0. The van der Waals surface area contributed by atoms with Crippen LogP contribution in [0.1, 0.15) is 25.7 Å². The van der Waals surface area contributed by atoms with E-state index in [9.17, 15) is 4.79 Å². The Morgan fingerprint density at radius 2 is 2.11 bits per heavy atom. The molecule has 0 spiro atoms. The zero-order valence-electron chi connectivity index (χ0n) is 10.3. The van der Waals surface area contributed by atoms with Crippen LogP contribution in [0.3, 0.4) is 0 Å². The SMILES string of the molecule is Cc1cccc(C(=O)N/N=C/c2ccc(C)s2)c1. The lowest BCUT2D eigenvalue weighted by Crippen LogP contribution is -2.17. The van der Waals surface area contributed by atoms with Gasteiger partial charge in [-0.3, -0.25) is 4.79 Å². The molecule has 0 aliphatic carbocycles. The van der Waals surface area contributed by atoms with Gasteiger partial charge in [0.25, 0.3) is 5.91 Å². The highest BCUT2D eigenvalue weighted by Gasteiger charge is 2.03. The Morgan fingerprint density at radius 3 is 2.78 bits per heavy atom. The van der Waals surface area contributed by atoms with Crippen molar-refractivity contribution in [1.82, 2.24) is 5.43 Å². The summed E-state index contributed by atoms with van der Waals surface area (Å²) in [6.07, 6.45) is 1.66. The molecule has 1 aromatic carbocycles. The minimum Gasteiger partial charge on any atom is -0.267 e. The molecular formula is C14H14N2OS. The molecule has 1 aromatic heterocycles. The van der Waals surface area contributed by atoms with Crippen LogP contribution in [-0.4, -0.2) is 12.1 Å². The van der Waals surface area contributed by atoms with E-state index in [4.69, 9.17) is 0 Å². The first-order valence-corrected chi connectivity index (χ1v) is 6.43. The predicted octanol–water partition coefficient (Wildman–Crippen LogP) is 3.13. The molecule has 0 aliphatic heterocycles. The number of hydrogen-bond donors (Lipinski definition) is 1. The molecule has 18 heavy (non-hydrogen) atoms. The Labute approximate surface area is 110 Å². The normalized spacial score (nSPS) is 10.8. The molecule has 0 unspecified atom stereocenters. The van der Waals surface area contributed by atoms with Gasteiger partial charge in [-0.2, -0.15) is 5.10 Å². The molecule has 2 rings (SSSR count). The number of amides is 1. The Bertz CT molecular complexity index is 587. The zero-order valence-corrected chi connectivity index (χ0v) is 11.1. The number of benzene rings is 1. The molecule has 2 aromatic rings. The first kappa shape index (κ1) is 12.5. The monoisotopic (exact) mass is 258 g/mol. The average molecular weight is 258 g/mol. The third-order valence-electron chi connectivity index (χ3n) is 2.40. The molecule has 1 heterocycles. The molecule has 0 radical (unpaired) electrons. The van der Waals surface area contributed by atoms with Gasteiger partial charge in [-0.05, 0) is 38.1 Å². The summed E-state index contributed by atoms with van der Waals surface area (Å²) in [7, 11) is 0. The van der Waals surface area contributed by atoms with Crippen LogP contribution >= 0.6 is 11.3 Å². The molecule has 0 saturated heterocycles. The van der Waals surface area contributed by atoms with Crippen LogP contribution in [0.15, 0.2) is 41.5 Å². The van der Waals surface area contributed by atoms with Gasteiger partial charge in [-0.15, -0.1) is 11.3 Å². The largest absolute Gasteiger partial charge is 0.271 e. The van der Waals surface area contributed by atoms with E-state index >= 15 is 0 Å². The van der Waals surface area contributed by atoms with Gasteiger partial charge >= 0.3 is 0 Å². The van der Waals surface area contributed by atoms with E-state index in [-0.39, 0.29) is 5.91 Å². The van der Waals surface area contributed by atoms with Crippen molar-refractivity contribution >= 4 is 23.5 Å². The predicted molar refractivity (Wildman–Crippen MR) is 75.3 cm³/mol. The first-order chi connectivity index (χ1) is 8.65. The van der Waals surface area contributed by atoms with Gasteiger partial charge in [0, 0.05) is 15.3 Å². The topological polar surface area (TPSA) is 41.5 Å². The Morgan fingerprint density at radius 1 is 1.28 bits per heavy atom. The lowest BCUT2D eigenvalue weighted by atomic mass is 10.1. The lowest BCUT2D eigenvalue weighted by Gasteiger charge is -2.00. The van der Waals surface area contributed by atoms with Gasteiger partial charge in [0.1, 0.15) is 0 Å². The van der Waals surface area contributed by atoms with E-state index in [1.54, 1.807) is 23.6 Å². The summed E-state index contributed by atoms with van der Waals surface area (Å²) in [4.78, 5) is 14.0. The third-order valence-corrected chi connectivity index (χ3v) is 3.33. The minimum atomic E-state index is -0.191. The number of rotatable bonds is 3. The van der Waals surface area contributed by atoms with Gasteiger partial charge < -0.3 is 0 Å². The quantitative estimate of drug-likeness (QED) is 0.667. The summed E-state index contributed by atoms with van der Waals surface area (Å²) >= 11 is 1.64. The molecule has 3 nitrogen and oxygen atoms in total. The molecule has 0 bridgehead atoms. The summed E-state index contributed by atoms with van der Waals surface area (Å²) in [6, 6.07) is 11.4. The van der Waals surface area contributed by atoms with Gasteiger partial charge in [-0.1, -0.05) is 17.7 Å². The molecule has 0 fully saturated rings. The van der Waals surface area contributed by atoms with Crippen molar-refractivity contribution in [2.75, 3.05) is 0 Å². The molecule has 4 heteroatoms. The fourth-order valence-corrected chi connectivity index (χ4v) is 2.28. The van der Waals surface area contributed by atoms with Gasteiger partial charge in [0.2, 0.25) is 0 Å². The molecule has 92 valence electrons. The van der Waals surface area contributed by atoms with E-state index in [1.165, 1.54) is 4.88 Å². The van der Waals surface area contributed by atoms with Crippen molar-refractivity contribution in [3.8, 4) is 0 Å². The van der Waals surface area contributed by atoms with Crippen LogP contribution in [-0.2, 0) is 0 Å². The summed E-state index contributed by atoms with van der Waals surface area (Å²) in [5.41, 5.74) is 4.20. The number of aryl methyl sites for hydroxylation is 2. The summed E-state index contributed by atoms with van der Waals surface area (Å²) in [6.45, 7) is 3.99. The second kappa shape index (κ2) is 5.60. The standard InChI is InChI=1S/C14H14N2OS/c1-10-4-3-5-12(8-10)14(17)16-15-9-13-7-6-11(2)18-13/h3-9H,1-2H3,(H,16,17)/b15-9+. The second-order valence-electron chi connectivity index (χ2n) is 4.02. The Kier molecular flexibility index (Phi) is 3.89. The number of nitrogens with one attached hydrogen (secondary N) is 1. The van der Waals surface area contributed by atoms with Gasteiger partial charge in [0.05, 0.1) is 6.21 Å². The van der Waals surface area contributed by atoms with Crippen molar-refractivity contribution in [2.24, 2.45) is 5.10 Å². The maximum Gasteiger partial charge on any atom is 0.271 e. The lowest BCUT2D eigenvalue weighted by molar-refractivity contribution is 0.0955. The smallest absolute Gasteiger partial charge is 0.267 e. The number of carbonyl (C=O) groups excluding carboxylic acids is 1. The fourth-order valence-electron chi connectivity index (χ4n) is 1.53. The van der Waals surface area contributed by atoms with Crippen molar-refractivity contribution < 1.29 is 4.79 Å². The van der Waals surface area contributed by atoms with Crippen molar-refractivity contribution in [3.63, 3.8) is 0 Å². The van der Waals surface area contributed by atoms with Crippen LogP contribution in [0.25, 0.3) is 0 Å². The van der Waals surface area contributed by atoms with Gasteiger partial charge in [0.15, 0.2) is 0 Å². The van der Waals surface area contributed by atoms with Crippen LogP contribution in [0, 0.1) is 13.8 Å². The third kappa shape index (κ3) is 3.28. The molecule has 1 amide bonds. The molecule has 1 N–H and O–H groups in total. The number of nitrogens with zero attached hydrogens (tertiary/aromatic N) is 1. The summed E-state index contributed by atoms with van der Waals surface area (Å²) in [5, 5.41) is 3.95. The van der Waals surface area contributed by atoms with Crippen LogP contribution < -0.4 is 5.43 Å². The van der Waals surface area contributed by atoms with E-state index < -0.39 is 0 Å². The second-order valence-corrected chi connectivity index (χ2v) is 5.34. The number of carbonyl (C=O) groups is 1. The average Bonchev–Trinajstić information content (AvgIpc) is 2.75. The number of hydrogen-bond acceptors (Lipinski definition) is 3. The molecular weight excluding hydrogens is 244 g/mol. The van der Waals surface area contributed by atoms with Gasteiger partial charge in [-0.25, -0.2) is 5.43 Å². The Balaban J connectivity index is 1.98. The molecule has 0 aliphatic rings. The number of thiophene rings is 1. The van der Waals surface area contributed by atoms with E-state index in [2.05, 4.69) is 10.5 Å². The maximum absolute atomic E-state index is 11.8. The van der Waals surface area contributed by atoms with Crippen molar-refractivity contribution in [2.45, 2.75) is 13.8 Å². The highest BCUT2D eigenvalue weighted by molar-refractivity contribution is 7.13. The highest BCUT2D eigenvalue weighted by atomic mass is 32.1. The van der Waals surface area contributed by atoms with E-state index in [0.29, 0.717) is 5.56 Å². The molecule has 0 atom stereocenters. The van der Waals surface area contributed by atoms with Crippen LogP contribution in [0.2, 0.25) is 0 Å². The van der Waals surface area contributed by atoms with Crippen LogP contribution in [0.4, 0.5) is 0 Å². The Hall–Kier alpha value is -1.94. The van der Waals surface area contributed by atoms with Crippen molar-refractivity contribution in [3.05, 3.63) is 57.3 Å². The maximum atomic E-state index is 11.8. The minimum absolute atomic E-state index is 0.191. The van der Waals surface area contributed by atoms with E-state index in [0.717, 1.165) is 10.4 Å². The summed E-state index contributed by atoms with van der Waals surface area (Å²) in [5.74, 6) is -0.191. The first-order valence-electron chi connectivity index (χ1n) is 5.61. The number of hydrazone groups is 1. The fraction of sp³-hybridized carbons (Fsp3) is 0.143. The highest BCUT2D eigenvalue weighted by Crippen LogP contribution is 2.12. The van der Waals surface area contributed by atoms with Crippen molar-refractivity contribution in [1.29, 1.82) is 0 Å². The zero-order chi connectivity index (χ0) is 13.0.